The van der Waals surface area contributed by atoms with Gasteiger partial charge in [-0.15, -0.1) is 0 Å². The van der Waals surface area contributed by atoms with Crippen LogP contribution in [0.15, 0.2) is 24.3 Å². The van der Waals surface area contributed by atoms with Crippen molar-refractivity contribution in [1.82, 2.24) is 4.90 Å². The van der Waals surface area contributed by atoms with E-state index in [9.17, 15) is 9.90 Å². The molecule has 0 fully saturated rings. The molecule has 106 valence electrons. The number of aliphatic hydroxyl groups excluding tert-OH is 1. The summed E-state index contributed by atoms with van der Waals surface area (Å²) in [5.74, 6) is -0.0959. The third kappa shape index (κ3) is 5.83. The lowest BCUT2D eigenvalue weighted by Gasteiger charge is -2.19. The highest BCUT2D eigenvalue weighted by molar-refractivity contribution is 5.92. The van der Waals surface area contributed by atoms with Gasteiger partial charge < -0.3 is 15.2 Å². The summed E-state index contributed by atoms with van der Waals surface area (Å²) in [6.45, 7) is 2.84. The van der Waals surface area contributed by atoms with E-state index in [1.807, 2.05) is 31.2 Å². The van der Waals surface area contributed by atoms with Crippen LogP contribution in [0.4, 0.5) is 5.69 Å². The number of hydrogen-bond acceptors (Lipinski definition) is 4. The molecule has 0 bridgehead atoms. The summed E-state index contributed by atoms with van der Waals surface area (Å²) in [4.78, 5) is 13.6. The maximum Gasteiger partial charge on any atom is 0.238 e. The van der Waals surface area contributed by atoms with Crippen molar-refractivity contribution in [3.8, 4) is 0 Å². The second-order valence-corrected chi connectivity index (χ2v) is 4.67. The molecule has 2 N–H and O–H groups in total. The summed E-state index contributed by atoms with van der Waals surface area (Å²) < 4.78 is 4.84. The molecule has 0 spiro atoms. The van der Waals surface area contributed by atoms with Crippen molar-refractivity contribution in [3.05, 3.63) is 29.8 Å². The molecule has 5 nitrogen and oxygen atoms in total. The second-order valence-electron chi connectivity index (χ2n) is 4.67. The lowest BCUT2D eigenvalue weighted by molar-refractivity contribution is -0.117. The SMILES string of the molecule is COCC(O)CN(C)CC(=O)Nc1ccccc1C. The van der Waals surface area contributed by atoms with Crippen LogP contribution in [0.3, 0.4) is 0 Å². The maximum atomic E-state index is 11.8. The average molecular weight is 266 g/mol. The molecule has 1 rings (SSSR count). The first-order valence-electron chi connectivity index (χ1n) is 6.24. The first-order chi connectivity index (χ1) is 9.02. The van der Waals surface area contributed by atoms with E-state index in [4.69, 9.17) is 4.74 Å². The molecule has 5 heteroatoms. The number of likely N-dealkylation sites (N-methyl/N-ethyl adjacent to an activating group) is 1. The minimum Gasteiger partial charge on any atom is -0.389 e. The van der Waals surface area contributed by atoms with E-state index >= 15 is 0 Å². The van der Waals surface area contributed by atoms with Crippen LogP contribution in [-0.4, -0.2) is 55.9 Å². The zero-order chi connectivity index (χ0) is 14.3. The number of hydrogen-bond donors (Lipinski definition) is 2. The molecular formula is C14H22N2O3. The molecule has 0 aromatic heterocycles. The highest BCUT2D eigenvalue weighted by Gasteiger charge is 2.12. The van der Waals surface area contributed by atoms with Gasteiger partial charge in [0.25, 0.3) is 0 Å². The van der Waals surface area contributed by atoms with E-state index in [2.05, 4.69) is 5.32 Å². The van der Waals surface area contributed by atoms with Crippen LogP contribution in [0.2, 0.25) is 0 Å². The first kappa shape index (κ1) is 15.6. The molecule has 1 aromatic rings. The van der Waals surface area contributed by atoms with Crippen LogP contribution in [0, 0.1) is 6.92 Å². The Balaban J connectivity index is 2.41. The van der Waals surface area contributed by atoms with E-state index in [0.29, 0.717) is 6.54 Å². The molecule has 0 aliphatic heterocycles. The van der Waals surface area contributed by atoms with Crippen molar-refractivity contribution in [3.63, 3.8) is 0 Å². The predicted molar refractivity (Wildman–Crippen MR) is 75.2 cm³/mol. The molecule has 19 heavy (non-hydrogen) atoms. The third-order valence-electron chi connectivity index (χ3n) is 2.71. The summed E-state index contributed by atoms with van der Waals surface area (Å²) in [6.07, 6.45) is -0.582. The normalized spacial score (nSPS) is 12.5. The van der Waals surface area contributed by atoms with Crippen LogP contribution in [0.1, 0.15) is 5.56 Å². The van der Waals surface area contributed by atoms with Crippen molar-refractivity contribution < 1.29 is 14.6 Å². The van der Waals surface area contributed by atoms with E-state index < -0.39 is 6.10 Å². The van der Waals surface area contributed by atoms with Gasteiger partial charge in [-0.1, -0.05) is 18.2 Å². The topological polar surface area (TPSA) is 61.8 Å². The summed E-state index contributed by atoms with van der Waals surface area (Å²) in [7, 11) is 3.32. The Morgan fingerprint density at radius 2 is 2.16 bits per heavy atom. The molecule has 1 aromatic carbocycles. The van der Waals surface area contributed by atoms with Gasteiger partial charge in [-0.05, 0) is 25.6 Å². The van der Waals surface area contributed by atoms with Crippen LogP contribution in [-0.2, 0) is 9.53 Å². The number of benzene rings is 1. The van der Waals surface area contributed by atoms with Crippen molar-refractivity contribution >= 4 is 11.6 Å². The van der Waals surface area contributed by atoms with Gasteiger partial charge in [0.15, 0.2) is 0 Å². The predicted octanol–water partition coefficient (Wildman–Crippen LogP) is 0.873. The second kappa shape index (κ2) is 7.89. The number of carbonyl (C=O) groups is 1. The molecule has 1 amide bonds. The molecular weight excluding hydrogens is 244 g/mol. The largest absolute Gasteiger partial charge is 0.389 e. The fourth-order valence-electron chi connectivity index (χ4n) is 1.82. The van der Waals surface area contributed by atoms with Gasteiger partial charge in [0, 0.05) is 19.3 Å². The molecule has 1 unspecified atom stereocenters. The van der Waals surface area contributed by atoms with Gasteiger partial charge >= 0.3 is 0 Å². The summed E-state index contributed by atoms with van der Waals surface area (Å²) in [5, 5.41) is 12.4. The Labute approximate surface area is 114 Å². The number of carbonyl (C=O) groups excluding carboxylic acids is 1. The lowest BCUT2D eigenvalue weighted by Crippen LogP contribution is -2.37. The smallest absolute Gasteiger partial charge is 0.238 e. The minimum absolute atomic E-state index is 0.0959. The number of ether oxygens (including phenoxy) is 1. The van der Waals surface area contributed by atoms with Crippen molar-refractivity contribution in [2.45, 2.75) is 13.0 Å². The quantitative estimate of drug-likeness (QED) is 0.769. The fraction of sp³-hybridized carbons (Fsp3) is 0.500. The highest BCUT2D eigenvalue weighted by atomic mass is 16.5. The zero-order valence-corrected chi connectivity index (χ0v) is 11.7. The van der Waals surface area contributed by atoms with E-state index in [0.717, 1.165) is 11.3 Å². The molecule has 0 aliphatic carbocycles. The molecule has 0 saturated heterocycles. The van der Waals surface area contributed by atoms with Gasteiger partial charge in [0.2, 0.25) is 5.91 Å². The number of rotatable bonds is 7. The van der Waals surface area contributed by atoms with Gasteiger partial charge in [-0.2, -0.15) is 0 Å². The van der Waals surface area contributed by atoms with Gasteiger partial charge in [-0.3, -0.25) is 9.69 Å². The Kier molecular flexibility index (Phi) is 6.49. The van der Waals surface area contributed by atoms with E-state index in [-0.39, 0.29) is 19.1 Å². The van der Waals surface area contributed by atoms with Crippen LogP contribution in [0.25, 0.3) is 0 Å². The van der Waals surface area contributed by atoms with E-state index in [1.165, 1.54) is 7.11 Å². The van der Waals surface area contributed by atoms with Gasteiger partial charge in [0.1, 0.15) is 0 Å². The number of nitrogens with one attached hydrogen (secondary N) is 1. The number of amides is 1. The molecule has 1 atom stereocenters. The van der Waals surface area contributed by atoms with Crippen LogP contribution in [0.5, 0.6) is 0 Å². The average Bonchev–Trinajstić information content (AvgIpc) is 2.31. The van der Waals surface area contributed by atoms with E-state index in [1.54, 1.807) is 11.9 Å². The Hall–Kier alpha value is -1.43. The molecule has 0 radical (unpaired) electrons. The molecule has 0 heterocycles. The molecule has 0 saturated carbocycles. The minimum atomic E-state index is -0.582. The Morgan fingerprint density at radius 1 is 1.47 bits per heavy atom. The van der Waals surface area contributed by atoms with Crippen molar-refractivity contribution in [2.24, 2.45) is 0 Å². The summed E-state index contributed by atoms with van der Waals surface area (Å²) in [6, 6.07) is 7.63. The number of aliphatic hydroxyl groups is 1. The maximum absolute atomic E-state index is 11.8. The number of aryl methyl sites for hydroxylation is 1. The Morgan fingerprint density at radius 3 is 2.79 bits per heavy atom. The molecule has 0 aliphatic rings. The van der Waals surface area contributed by atoms with Crippen LogP contribution < -0.4 is 5.32 Å². The van der Waals surface area contributed by atoms with Crippen molar-refractivity contribution in [1.29, 1.82) is 0 Å². The standard InChI is InChI=1S/C14H22N2O3/c1-11-6-4-5-7-13(11)15-14(18)9-16(2)8-12(17)10-19-3/h4-7,12,17H,8-10H2,1-3H3,(H,15,18). The van der Waals surface area contributed by atoms with Gasteiger partial charge in [-0.25, -0.2) is 0 Å². The number of methoxy groups -OCH3 is 1. The monoisotopic (exact) mass is 266 g/mol. The lowest BCUT2D eigenvalue weighted by atomic mass is 10.2. The number of para-hydroxylation sites is 1. The van der Waals surface area contributed by atoms with Crippen molar-refractivity contribution in [2.75, 3.05) is 39.2 Å². The number of nitrogens with zero attached hydrogens (tertiary/aromatic N) is 1. The summed E-state index contributed by atoms with van der Waals surface area (Å²) in [5.41, 5.74) is 1.84. The first-order valence-corrected chi connectivity index (χ1v) is 6.24. The Bertz CT molecular complexity index is 409. The fourth-order valence-corrected chi connectivity index (χ4v) is 1.82. The number of anilines is 1. The highest BCUT2D eigenvalue weighted by Crippen LogP contribution is 2.12. The zero-order valence-electron chi connectivity index (χ0n) is 11.7. The summed E-state index contributed by atoms with van der Waals surface area (Å²) >= 11 is 0. The third-order valence-corrected chi connectivity index (χ3v) is 2.71. The van der Waals surface area contributed by atoms with Gasteiger partial charge in [0.05, 0.1) is 19.3 Å². The van der Waals surface area contributed by atoms with Crippen LogP contribution >= 0.6 is 0 Å².